The number of aliphatic carboxylic acids is 1. The van der Waals surface area contributed by atoms with Gasteiger partial charge in [0.2, 0.25) is 5.95 Å². The Balaban J connectivity index is 1.78. The van der Waals surface area contributed by atoms with Gasteiger partial charge in [0, 0.05) is 11.6 Å². The first-order chi connectivity index (χ1) is 11.2. The molecular formula is C15H20N6O3. The molecule has 0 spiro atoms. The van der Waals surface area contributed by atoms with Gasteiger partial charge < -0.3 is 5.11 Å². The molecule has 0 aromatic carbocycles. The maximum Gasteiger partial charge on any atom is 0.325 e. The summed E-state index contributed by atoms with van der Waals surface area (Å²) in [5, 5.41) is 19.6. The van der Waals surface area contributed by atoms with E-state index in [4.69, 9.17) is 5.11 Å². The largest absolute Gasteiger partial charge is 0.480 e. The molecule has 0 aliphatic heterocycles. The minimum absolute atomic E-state index is 0.0551. The molecule has 2 aromatic rings. The van der Waals surface area contributed by atoms with Gasteiger partial charge >= 0.3 is 5.97 Å². The summed E-state index contributed by atoms with van der Waals surface area (Å²) in [5.41, 5.74) is 1.16. The number of carbonyl (C=O) groups excluding carboxylic acids is 1. The van der Waals surface area contributed by atoms with Crippen molar-refractivity contribution in [2.24, 2.45) is 0 Å². The molecule has 0 bridgehead atoms. The van der Waals surface area contributed by atoms with Crippen molar-refractivity contribution < 1.29 is 14.7 Å². The van der Waals surface area contributed by atoms with Crippen LogP contribution in [0.3, 0.4) is 0 Å². The minimum Gasteiger partial charge on any atom is -0.480 e. The topological polar surface area (TPSA) is 115 Å². The van der Waals surface area contributed by atoms with Crippen LogP contribution in [0, 0.1) is 0 Å². The van der Waals surface area contributed by atoms with Gasteiger partial charge in [-0.05, 0) is 39.7 Å². The maximum atomic E-state index is 12.4. The molecule has 2 aromatic heterocycles. The molecule has 1 fully saturated rings. The van der Waals surface area contributed by atoms with Crippen LogP contribution in [0.2, 0.25) is 0 Å². The predicted molar refractivity (Wildman–Crippen MR) is 84.8 cm³/mol. The summed E-state index contributed by atoms with van der Waals surface area (Å²) >= 11 is 0. The van der Waals surface area contributed by atoms with E-state index in [0.29, 0.717) is 11.6 Å². The highest BCUT2D eigenvalue weighted by molar-refractivity contribution is 6.01. The van der Waals surface area contributed by atoms with Crippen LogP contribution < -0.4 is 5.32 Å². The summed E-state index contributed by atoms with van der Waals surface area (Å²) < 4.78 is 3.04. The second-order valence-electron chi connectivity index (χ2n) is 6.92. The summed E-state index contributed by atoms with van der Waals surface area (Å²) in [7, 11) is 0. The van der Waals surface area contributed by atoms with Gasteiger partial charge in [0.05, 0.1) is 5.54 Å². The van der Waals surface area contributed by atoms with Crippen LogP contribution in [-0.2, 0) is 16.9 Å². The van der Waals surface area contributed by atoms with Crippen molar-refractivity contribution in [1.29, 1.82) is 0 Å². The van der Waals surface area contributed by atoms with Crippen molar-refractivity contribution in [1.82, 2.24) is 24.5 Å². The molecule has 9 heteroatoms. The van der Waals surface area contributed by atoms with E-state index in [2.05, 4.69) is 20.5 Å². The Bertz CT molecular complexity index is 781. The highest BCUT2D eigenvalue weighted by Crippen LogP contribution is 2.41. The molecule has 0 unspecified atom stereocenters. The second-order valence-corrected chi connectivity index (χ2v) is 6.92. The van der Waals surface area contributed by atoms with Crippen molar-refractivity contribution in [3.05, 3.63) is 23.8 Å². The lowest BCUT2D eigenvalue weighted by Gasteiger charge is -2.22. The first kappa shape index (κ1) is 16.2. The Kier molecular flexibility index (Phi) is 3.86. The molecule has 1 amide bonds. The third-order valence-electron chi connectivity index (χ3n) is 3.66. The predicted octanol–water partition coefficient (Wildman–Crippen LogP) is 1.44. The van der Waals surface area contributed by atoms with Gasteiger partial charge in [0.1, 0.15) is 12.9 Å². The van der Waals surface area contributed by atoms with Gasteiger partial charge in [-0.25, -0.2) is 9.67 Å². The lowest BCUT2D eigenvalue weighted by Crippen LogP contribution is -2.26. The molecule has 9 nitrogen and oxygen atoms in total. The molecule has 1 aliphatic rings. The van der Waals surface area contributed by atoms with E-state index in [9.17, 15) is 9.59 Å². The Morgan fingerprint density at radius 3 is 2.62 bits per heavy atom. The number of hydrogen-bond acceptors (Lipinski definition) is 5. The number of hydrogen-bond donors (Lipinski definition) is 2. The van der Waals surface area contributed by atoms with Gasteiger partial charge in [-0.15, -0.1) is 5.10 Å². The molecule has 128 valence electrons. The zero-order valence-electron chi connectivity index (χ0n) is 13.9. The molecule has 1 saturated carbocycles. The van der Waals surface area contributed by atoms with Crippen LogP contribution in [0.4, 0.5) is 5.95 Å². The van der Waals surface area contributed by atoms with Crippen LogP contribution in [0.5, 0.6) is 0 Å². The number of carboxylic acid groups (broad SMARTS) is 1. The SMILES string of the molecule is CC(C)(C)n1nc(C(=O)Nc2ncn(CC(=O)O)n2)cc1C1CC1. The Morgan fingerprint density at radius 1 is 1.33 bits per heavy atom. The van der Waals surface area contributed by atoms with Gasteiger partial charge in [0.25, 0.3) is 5.91 Å². The lowest BCUT2D eigenvalue weighted by atomic mass is 10.1. The Labute approximate surface area is 138 Å². The normalized spacial score (nSPS) is 14.6. The average Bonchev–Trinajstić information content (AvgIpc) is 3.04. The van der Waals surface area contributed by atoms with Gasteiger partial charge in [-0.2, -0.15) is 5.10 Å². The highest BCUT2D eigenvalue weighted by atomic mass is 16.4. The number of aromatic nitrogens is 5. The maximum absolute atomic E-state index is 12.4. The van der Waals surface area contributed by atoms with Crippen LogP contribution >= 0.6 is 0 Å². The third kappa shape index (κ3) is 3.44. The zero-order chi connectivity index (χ0) is 17.5. The molecule has 24 heavy (non-hydrogen) atoms. The van der Waals surface area contributed by atoms with Crippen LogP contribution in [0.25, 0.3) is 0 Å². The fourth-order valence-corrected chi connectivity index (χ4v) is 2.45. The number of nitrogens with zero attached hydrogens (tertiary/aromatic N) is 5. The second kappa shape index (κ2) is 5.73. The first-order valence-electron chi connectivity index (χ1n) is 7.77. The van der Waals surface area contributed by atoms with E-state index in [1.54, 1.807) is 0 Å². The van der Waals surface area contributed by atoms with E-state index in [1.807, 2.05) is 31.5 Å². The number of carboxylic acids is 1. The molecule has 3 rings (SSSR count). The van der Waals surface area contributed by atoms with E-state index in [-0.39, 0.29) is 18.0 Å². The smallest absolute Gasteiger partial charge is 0.325 e. The molecule has 0 saturated heterocycles. The quantitative estimate of drug-likeness (QED) is 0.856. The van der Waals surface area contributed by atoms with E-state index in [0.717, 1.165) is 23.2 Å². The standard InChI is InChI=1S/C15H20N6O3/c1-15(2,3)21-11(9-4-5-9)6-10(18-21)13(24)17-14-16-8-20(19-14)7-12(22)23/h6,8-9H,4-5,7H2,1-3H3,(H,22,23)(H,17,19,24). The molecule has 2 N–H and O–H groups in total. The van der Waals surface area contributed by atoms with E-state index < -0.39 is 11.9 Å². The Morgan fingerprint density at radius 2 is 2.04 bits per heavy atom. The summed E-state index contributed by atoms with van der Waals surface area (Å²) in [5.74, 6) is -0.922. The van der Waals surface area contributed by atoms with Crippen LogP contribution in [-0.4, -0.2) is 41.5 Å². The number of anilines is 1. The van der Waals surface area contributed by atoms with Crippen molar-refractivity contribution >= 4 is 17.8 Å². The molecular weight excluding hydrogens is 312 g/mol. The fourth-order valence-electron chi connectivity index (χ4n) is 2.45. The summed E-state index contributed by atoms with van der Waals surface area (Å²) in [6.07, 6.45) is 3.49. The molecule has 0 radical (unpaired) electrons. The monoisotopic (exact) mass is 332 g/mol. The van der Waals surface area contributed by atoms with Gasteiger partial charge in [-0.3, -0.25) is 19.6 Å². The third-order valence-corrected chi connectivity index (χ3v) is 3.66. The Hall–Kier alpha value is -2.71. The minimum atomic E-state index is -1.03. The van der Waals surface area contributed by atoms with E-state index in [1.165, 1.54) is 6.33 Å². The van der Waals surface area contributed by atoms with Crippen molar-refractivity contribution in [3.63, 3.8) is 0 Å². The first-order valence-corrected chi connectivity index (χ1v) is 7.77. The van der Waals surface area contributed by atoms with E-state index >= 15 is 0 Å². The van der Waals surface area contributed by atoms with Crippen molar-refractivity contribution in [2.75, 3.05) is 5.32 Å². The number of rotatable bonds is 5. The number of nitrogens with one attached hydrogen (secondary N) is 1. The van der Waals surface area contributed by atoms with Gasteiger partial charge in [-0.1, -0.05) is 0 Å². The number of amides is 1. The van der Waals surface area contributed by atoms with Crippen molar-refractivity contribution in [2.45, 2.75) is 51.6 Å². The molecule has 1 aliphatic carbocycles. The fraction of sp³-hybridized carbons (Fsp3) is 0.533. The molecule has 2 heterocycles. The number of carbonyl (C=O) groups is 2. The van der Waals surface area contributed by atoms with Crippen molar-refractivity contribution in [3.8, 4) is 0 Å². The lowest BCUT2D eigenvalue weighted by molar-refractivity contribution is -0.137. The average molecular weight is 332 g/mol. The summed E-state index contributed by atoms with van der Waals surface area (Å²) in [6.45, 7) is 5.82. The molecule has 0 atom stereocenters. The highest BCUT2D eigenvalue weighted by Gasteiger charge is 2.32. The zero-order valence-corrected chi connectivity index (χ0v) is 13.9. The summed E-state index contributed by atoms with van der Waals surface area (Å²) in [6, 6.07) is 1.81. The summed E-state index contributed by atoms with van der Waals surface area (Å²) in [4.78, 5) is 26.9. The van der Waals surface area contributed by atoms with Crippen LogP contribution in [0.15, 0.2) is 12.4 Å². The van der Waals surface area contributed by atoms with Crippen LogP contribution in [0.1, 0.15) is 55.7 Å². The van der Waals surface area contributed by atoms with Gasteiger partial charge in [0.15, 0.2) is 5.69 Å².